The van der Waals surface area contributed by atoms with Crippen molar-refractivity contribution in [2.24, 2.45) is 0 Å². The smallest absolute Gasteiger partial charge is 0.257 e. The normalized spacial score (nSPS) is 23.6. The largest absolute Gasteiger partial charge is 0.342 e. The zero-order valence-corrected chi connectivity index (χ0v) is 18.3. The van der Waals surface area contributed by atoms with Crippen LogP contribution in [0.15, 0.2) is 36.4 Å². The van der Waals surface area contributed by atoms with Crippen molar-refractivity contribution in [1.29, 1.82) is 5.26 Å². The van der Waals surface area contributed by atoms with Crippen LogP contribution in [-0.2, 0) is 9.53 Å². The van der Waals surface area contributed by atoms with Crippen molar-refractivity contribution < 1.29 is 23.1 Å². The number of benzene rings is 2. The molecule has 33 heavy (non-hydrogen) atoms. The summed E-state index contributed by atoms with van der Waals surface area (Å²) in [6, 6.07) is 9.40. The molecule has 1 spiro atoms. The fourth-order valence-corrected chi connectivity index (χ4v) is 5.40. The van der Waals surface area contributed by atoms with Crippen LogP contribution in [0.25, 0.3) is 0 Å². The number of nitrogens with zero attached hydrogens (tertiary/aromatic N) is 3. The van der Waals surface area contributed by atoms with Crippen molar-refractivity contribution in [3.63, 3.8) is 0 Å². The fraction of sp³-hybridized carbons (Fsp3) is 0.375. The van der Waals surface area contributed by atoms with Crippen molar-refractivity contribution >= 4 is 23.4 Å². The van der Waals surface area contributed by atoms with Crippen molar-refractivity contribution in [1.82, 2.24) is 9.80 Å². The molecule has 2 aromatic rings. The van der Waals surface area contributed by atoms with Crippen LogP contribution in [0, 0.1) is 23.0 Å². The fourth-order valence-electron chi connectivity index (χ4n) is 5.14. The van der Waals surface area contributed by atoms with E-state index in [0.717, 1.165) is 6.07 Å². The summed E-state index contributed by atoms with van der Waals surface area (Å²) in [4.78, 5) is 29.6. The number of hydrogen-bond acceptors (Lipinski definition) is 4. The number of nitriles is 1. The summed E-state index contributed by atoms with van der Waals surface area (Å²) >= 11 is 6.19. The monoisotopic (exact) mass is 471 g/mol. The molecule has 3 saturated heterocycles. The van der Waals surface area contributed by atoms with Crippen LogP contribution >= 0.6 is 11.6 Å². The van der Waals surface area contributed by atoms with Crippen LogP contribution < -0.4 is 0 Å². The first-order valence-corrected chi connectivity index (χ1v) is 11.1. The summed E-state index contributed by atoms with van der Waals surface area (Å²) in [5, 5.41) is 9.19. The van der Waals surface area contributed by atoms with Crippen molar-refractivity contribution in [2.45, 2.75) is 43.6 Å². The lowest BCUT2D eigenvalue weighted by Gasteiger charge is -2.37. The molecule has 0 aliphatic carbocycles. The predicted molar refractivity (Wildman–Crippen MR) is 114 cm³/mol. The van der Waals surface area contributed by atoms with Crippen LogP contribution in [0.5, 0.6) is 0 Å². The van der Waals surface area contributed by atoms with E-state index in [0.29, 0.717) is 55.5 Å². The Morgan fingerprint density at radius 3 is 2.45 bits per heavy atom. The molecule has 5 rings (SSSR count). The van der Waals surface area contributed by atoms with Gasteiger partial charge in [-0.15, -0.1) is 0 Å². The van der Waals surface area contributed by atoms with Gasteiger partial charge in [-0.3, -0.25) is 9.59 Å². The lowest BCUT2D eigenvalue weighted by Crippen LogP contribution is -2.51. The zero-order chi connectivity index (χ0) is 23.3. The van der Waals surface area contributed by atoms with E-state index in [1.807, 2.05) is 6.07 Å². The third-order valence-corrected chi connectivity index (χ3v) is 7.09. The maximum Gasteiger partial charge on any atom is 0.257 e. The molecule has 6 nitrogen and oxygen atoms in total. The first-order chi connectivity index (χ1) is 15.8. The van der Waals surface area contributed by atoms with Crippen LogP contribution in [-0.4, -0.2) is 46.5 Å². The Hall–Kier alpha value is -3.02. The molecule has 2 atom stereocenters. The molecule has 9 heteroatoms. The van der Waals surface area contributed by atoms with Crippen molar-refractivity contribution in [2.75, 3.05) is 13.1 Å². The highest BCUT2D eigenvalue weighted by Gasteiger charge is 2.58. The standard InChI is InChI=1S/C24H20ClF2N3O3/c25-19-9-14(13-28)1-2-18(19)22(31)29-7-5-24(6-8-29)23(32)30-20(3-4-21(30)33-24)15-10-16(26)12-17(27)11-15/h1-2,9-12,20-21H,3-8H2. The average molecular weight is 472 g/mol. The number of ether oxygens (including phenoxy) is 1. The minimum absolute atomic E-state index is 0.192. The number of piperidine rings is 1. The van der Waals surface area contributed by atoms with Gasteiger partial charge in [0.15, 0.2) is 5.60 Å². The Morgan fingerprint density at radius 1 is 1.12 bits per heavy atom. The van der Waals surface area contributed by atoms with Gasteiger partial charge in [0.25, 0.3) is 11.8 Å². The van der Waals surface area contributed by atoms with E-state index in [1.165, 1.54) is 30.3 Å². The molecule has 0 aromatic heterocycles. The summed E-state index contributed by atoms with van der Waals surface area (Å²) in [6.07, 6.45) is 1.35. The number of amides is 2. The van der Waals surface area contributed by atoms with Crippen LogP contribution in [0.4, 0.5) is 8.78 Å². The highest BCUT2D eigenvalue weighted by atomic mass is 35.5. The Kier molecular flexibility index (Phi) is 5.34. The number of hydrogen-bond donors (Lipinski definition) is 0. The summed E-state index contributed by atoms with van der Waals surface area (Å²) in [6.45, 7) is 0.613. The predicted octanol–water partition coefficient (Wildman–Crippen LogP) is 4.18. The van der Waals surface area contributed by atoms with Crippen LogP contribution in [0.3, 0.4) is 0 Å². The van der Waals surface area contributed by atoms with Gasteiger partial charge in [-0.2, -0.15) is 5.26 Å². The summed E-state index contributed by atoms with van der Waals surface area (Å²) in [5.74, 6) is -1.81. The highest BCUT2D eigenvalue weighted by molar-refractivity contribution is 6.34. The minimum Gasteiger partial charge on any atom is -0.342 e. The Morgan fingerprint density at radius 2 is 1.82 bits per heavy atom. The Labute approximate surface area is 194 Å². The highest BCUT2D eigenvalue weighted by Crippen LogP contribution is 2.47. The van der Waals surface area contributed by atoms with E-state index < -0.39 is 29.5 Å². The first-order valence-electron chi connectivity index (χ1n) is 10.8. The number of likely N-dealkylation sites (tertiary alicyclic amines) is 1. The van der Waals surface area contributed by atoms with Gasteiger partial charge in [-0.05, 0) is 48.7 Å². The maximum atomic E-state index is 13.8. The van der Waals surface area contributed by atoms with Gasteiger partial charge in [-0.25, -0.2) is 8.78 Å². The molecule has 0 bridgehead atoms. The first kappa shape index (κ1) is 21.8. The lowest BCUT2D eigenvalue weighted by molar-refractivity contribution is -0.142. The van der Waals surface area contributed by atoms with E-state index >= 15 is 0 Å². The molecule has 2 aromatic carbocycles. The average Bonchev–Trinajstić information content (AvgIpc) is 3.31. The topological polar surface area (TPSA) is 73.6 Å². The molecule has 0 radical (unpaired) electrons. The molecular weight excluding hydrogens is 452 g/mol. The molecule has 2 amide bonds. The van der Waals surface area contributed by atoms with Gasteiger partial charge in [0.1, 0.15) is 17.9 Å². The molecule has 0 saturated carbocycles. The van der Waals surface area contributed by atoms with E-state index in [-0.39, 0.29) is 16.8 Å². The second kappa shape index (κ2) is 8.08. The third kappa shape index (κ3) is 3.65. The second-order valence-corrected chi connectivity index (χ2v) is 9.08. The summed E-state index contributed by atoms with van der Waals surface area (Å²) in [7, 11) is 0. The zero-order valence-electron chi connectivity index (χ0n) is 17.6. The molecule has 2 unspecified atom stereocenters. The van der Waals surface area contributed by atoms with E-state index in [1.54, 1.807) is 9.80 Å². The number of halogens is 3. The van der Waals surface area contributed by atoms with Crippen LogP contribution in [0.2, 0.25) is 5.02 Å². The van der Waals surface area contributed by atoms with Gasteiger partial charge in [-0.1, -0.05) is 11.6 Å². The van der Waals surface area contributed by atoms with Crippen molar-refractivity contribution in [3.05, 3.63) is 69.7 Å². The molecule has 3 heterocycles. The number of fused-ring (bicyclic) bond motifs is 1. The molecule has 170 valence electrons. The Balaban J connectivity index is 1.31. The van der Waals surface area contributed by atoms with Gasteiger partial charge in [0, 0.05) is 32.0 Å². The van der Waals surface area contributed by atoms with E-state index in [4.69, 9.17) is 21.6 Å². The molecule has 0 N–H and O–H groups in total. The van der Waals surface area contributed by atoms with Crippen molar-refractivity contribution in [3.8, 4) is 6.07 Å². The number of carbonyl (C=O) groups is 2. The molecule has 3 fully saturated rings. The Bertz CT molecular complexity index is 1170. The quantitative estimate of drug-likeness (QED) is 0.658. The summed E-state index contributed by atoms with van der Waals surface area (Å²) in [5.41, 5.74) is 0.0547. The van der Waals surface area contributed by atoms with E-state index in [9.17, 15) is 18.4 Å². The molecule has 3 aliphatic heterocycles. The van der Waals surface area contributed by atoms with E-state index in [2.05, 4.69) is 0 Å². The van der Waals surface area contributed by atoms with Gasteiger partial charge in [0.2, 0.25) is 0 Å². The number of rotatable bonds is 2. The lowest BCUT2D eigenvalue weighted by atomic mass is 9.89. The molecule has 3 aliphatic rings. The van der Waals surface area contributed by atoms with Gasteiger partial charge in [0.05, 0.1) is 28.3 Å². The molecular formula is C24H20ClF2N3O3. The summed E-state index contributed by atoms with van der Waals surface area (Å²) < 4.78 is 33.7. The number of carbonyl (C=O) groups excluding carboxylic acids is 2. The second-order valence-electron chi connectivity index (χ2n) is 8.67. The minimum atomic E-state index is -1.04. The maximum absolute atomic E-state index is 13.8. The van der Waals surface area contributed by atoms with Gasteiger partial charge < -0.3 is 14.5 Å². The van der Waals surface area contributed by atoms with Crippen LogP contribution in [0.1, 0.15) is 53.2 Å². The van der Waals surface area contributed by atoms with Gasteiger partial charge >= 0.3 is 0 Å². The third-order valence-electron chi connectivity index (χ3n) is 6.78. The SMILES string of the molecule is N#Cc1ccc(C(=O)N2CCC3(CC2)OC2CCC(c4cc(F)cc(F)c4)N2C3=O)c(Cl)c1.